The van der Waals surface area contributed by atoms with Gasteiger partial charge in [0.2, 0.25) is 0 Å². The first-order chi connectivity index (χ1) is 9.94. The molecule has 0 amide bonds. The number of aromatic nitrogens is 3. The van der Waals surface area contributed by atoms with Crippen LogP contribution in [0.4, 0.5) is 5.82 Å². The quantitative estimate of drug-likeness (QED) is 0.751. The molecule has 8 heteroatoms. The number of nitrogens with zero attached hydrogens (tertiary/aromatic N) is 3. The molecule has 3 aromatic rings. The molecule has 3 rings (SSSR count). The molecule has 2 heterocycles. The summed E-state index contributed by atoms with van der Waals surface area (Å²) < 4.78 is 28.6. The van der Waals surface area contributed by atoms with E-state index in [1.165, 1.54) is 10.7 Å². The number of fused-ring (bicyclic) bond motifs is 1. The fraction of sp³-hybridized carbons (Fsp3) is 0.0769. The van der Waals surface area contributed by atoms with Gasteiger partial charge < -0.3 is 0 Å². The first kappa shape index (κ1) is 13.8. The Morgan fingerprint density at radius 2 is 2.00 bits per heavy atom. The van der Waals surface area contributed by atoms with E-state index in [1.54, 1.807) is 43.6 Å². The topological polar surface area (TPSA) is 76.9 Å². The smallest absolute Gasteiger partial charge is 0.263 e. The van der Waals surface area contributed by atoms with E-state index in [4.69, 9.17) is 11.6 Å². The highest BCUT2D eigenvalue weighted by Crippen LogP contribution is 2.21. The highest BCUT2D eigenvalue weighted by molar-refractivity contribution is 7.92. The van der Waals surface area contributed by atoms with Crippen molar-refractivity contribution in [1.29, 1.82) is 0 Å². The van der Waals surface area contributed by atoms with E-state index < -0.39 is 10.0 Å². The second-order valence-corrected chi connectivity index (χ2v) is 6.54. The maximum atomic E-state index is 12.3. The Labute approximate surface area is 126 Å². The first-order valence-electron chi connectivity index (χ1n) is 6.03. The van der Waals surface area contributed by atoms with Crippen molar-refractivity contribution >= 4 is 38.3 Å². The van der Waals surface area contributed by atoms with Crippen LogP contribution in [-0.2, 0) is 17.1 Å². The molecule has 0 bridgehead atoms. The molecule has 0 unspecified atom stereocenters. The fourth-order valence-electron chi connectivity index (χ4n) is 1.91. The SMILES string of the molecule is Cn1ccc(NS(=O)(=O)c2ccc3nc(Cl)ccc3c2)n1. The number of nitrogens with one attached hydrogen (secondary N) is 1. The third kappa shape index (κ3) is 2.84. The fourth-order valence-corrected chi connectivity index (χ4v) is 3.10. The number of hydrogen-bond donors (Lipinski definition) is 1. The molecule has 0 spiro atoms. The van der Waals surface area contributed by atoms with Crippen LogP contribution in [0.15, 0.2) is 47.5 Å². The van der Waals surface area contributed by atoms with E-state index in [0.717, 1.165) is 0 Å². The van der Waals surface area contributed by atoms with E-state index in [0.29, 0.717) is 16.1 Å². The predicted molar refractivity (Wildman–Crippen MR) is 80.8 cm³/mol. The standard InChI is InChI=1S/C13H11ClN4O2S/c1-18-7-6-13(16-18)17-21(19,20)10-3-4-11-9(8-10)2-5-12(14)15-11/h2-8H,1H3,(H,16,17). The Morgan fingerprint density at radius 1 is 1.19 bits per heavy atom. The van der Waals surface area contributed by atoms with Gasteiger partial charge in [-0.15, -0.1) is 0 Å². The van der Waals surface area contributed by atoms with E-state index in [2.05, 4.69) is 14.8 Å². The molecule has 0 aliphatic heterocycles. The van der Waals surface area contributed by atoms with Crippen LogP contribution in [-0.4, -0.2) is 23.2 Å². The molecule has 0 saturated carbocycles. The third-order valence-electron chi connectivity index (χ3n) is 2.89. The van der Waals surface area contributed by atoms with Crippen LogP contribution in [0.25, 0.3) is 10.9 Å². The first-order valence-corrected chi connectivity index (χ1v) is 7.89. The summed E-state index contributed by atoms with van der Waals surface area (Å²) >= 11 is 5.81. The van der Waals surface area contributed by atoms with Gasteiger partial charge in [0.25, 0.3) is 10.0 Å². The van der Waals surface area contributed by atoms with Crippen molar-refractivity contribution in [3.63, 3.8) is 0 Å². The number of hydrogen-bond acceptors (Lipinski definition) is 4. The van der Waals surface area contributed by atoms with Crippen LogP contribution >= 0.6 is 11.6 Å². The Hall–Kier alpha value is -2.12. The zero-order valence-electron chi connectivity index (χ0n) is 11.0. The van der Waals surface area contributed by atoms with Crippen molar-refractivity contribution in [2.45, 2.75) is 4.90 Å². The van der Waals surface area contributed by atoms with Crippen molar-refractivity contribution in [3.8, 4) is 0 Å². The van der Waals surface area contributed by atoms with Gasteiger partial charge in [0.05, 0.1) is 10.4 Å². The summed E-state index contributed by atoms with van der Waals surface area (Å²) in [5, 5.41) is 5.05. The molecule has 0 radical (unpaired) electrons. The van der Waals surface area contributed by atoms with Crippen molar-refractivity contribution in [3.05, 3.63) is 47.7 Å². The summed E-state index contributed by atoms with van der Waals surface area (Å²) in [7, 11) is -1.98. The van der Waals surface area contributed by atoms with Crippen molar-refractivity contribution in [1.82, 2.24) is 14.8 Å². The van der Waals surface area contributed by atoms with Gasteiger partial charge in [0.15, 0.2) is 5.82 Å². The molecular formula is C13H11ClN4O2S. The summed E-state index contributed by atoms with van der Waals surface area (Å²) in [6.07, 6.45) is 1.66. The molecule has 2 aromatic heterocycles. The largest absolute Gasteiger partial charge is 0.274 e. The molecule has 108 valence electrons. The van der Waals surface area contributed by atoms with Gasteiger partial charge in [-0.3, -0.25) is 9.40 Å². The number of sulfonamides is 1. The normalized spacial score (nSPS) is 11.7. The van der Waals surface area contributed by atoms with Crippen molar-refractivity contribution < 1.29 is 8.42 Å². The molecular weight excluding hydrogens is 312 g/mol. The lowest BCUT2D eigenvalue weighted by atomic mass is 10.2. The maximum absolute atomic E-state index is 12.3. The second-order valence-electron chi connectivity index (χ2n) is 4.47. The minimum absolute atomic E-state index is 0.143. The summed E-state index contributed by atoms with van der Waals surface area (Å²) in [5.74, 6) is 0.270. The molecule has 0 aliphatic carbocycles. The number of rotatable bonds is 3. The Kier molecular flexibility index (Phi) is 3.30. The number of aryl methyl sites for hydroxylation is 1. The van der Waals surface area contributed by atoms with Crippen LogP contribution in [0.2, 0.25) is 5.15 Å². The molecule has 0 saturated heterocycles. The van der Waals surface area contributed by atoms with Crippen LogP contribution in [0.3, 0.4) is 0 Å². The van der Waals surface area contributed by atoms with Crippen LogP contribution in [0, 0.1) is 0 Å². The Bertz CT molecular complexity index is 921. The lowest BCUT2D eigenvalue weighted by Crippen LogP contribution is -2.13. The van der Waals surface area contributed by atoms with E-state index >= 15 is 0 Å². The van der Waals surface area contributed by atoms with Crippen molar-refractivity contribution in [2.24, 2.45) is 7.05 Å². The van der Waals surface area contributed by atoms with Crippen LogP contribution in [0.5, 0.6) is 0 Å². The summed E-state index contributed by atoms with van der Waals surface area (Å²) in [4.78, 5) is 4.26. The van der Waals surface area contributed by atoms with Gasteiger partial charge in [-0.05, 0) is 30.3 Å². The summed E-state index contributed by atoms with van der Waals surface area (Å²) in [6, 6.07) is 9.58. The number of anilines is 1. The van der Waals surface area contributed by atoms with Gasteiger partial charge in [0, 0.05) is 24.7 Å². The lowest BCUT2D eigenvalue weighted by Gasteiger charge is -2.06. The predicted octanol–water partition coefficient (Wildman–Crippen LogP) is 2.42. The zero-order chi connectivity index (χ0) is 15.0. The molecule has 0 fully saturated rings. The Balaban J connectivity index is 2.00. The minimum atomic E-state index is -3.69. The number of benzene rings is 1. The summed E-state index contributed by atoms with van der Waals surface area (Å²) in [6.45, 7) is 0. The molecule has 21 heavy (non-hydrogen) atoms. The summed E-state index contributed by atoms with van der Waals surface area (Å²) in [5.41, 5.74) is 0.638. The molecule has 0 atom stereocenters. The molecule has 1 N–H and O–H groups in total. The minimum Gasteiger partial charge on any atom is -0.274 e. The Morgan fingerprint density at radius 3 is 2.71 bits per heavy atom. The van der Waals surface area contributed by atoms with E-state index in [1.807, 2.05) is 0 Å². The molecule has 1 aromatic carbocycles. The molecule has 6 nitrogen and oxygen atoms in total. The average molecular weight is 323 g/mol. The maximum Gasteiger partial charge on any atom is 0.263 e. The van der Waals surface area contributed by atoms with Crippen LogP contribution < -0.4 is 4.72 Å². The zero-order valence-corrected chi connectivity index (χ0v) is 12.6. The van der Waals surface area contributed by atoms with E-state index in [-0.39, 0.29) is 10.7 Å². The monoisotopic (exact) mass is 322 g/mol. The van der Waals surface area contributed by atoms with Gasteiger partial charge in [-0.2, -0.15) is 5.10 Å². The van der Waals surface area contributed by atoms with E-state index in [9.17, 15) is 8.42 Å². The number of halogens is 1. The van der Waals surface area contributed by atoms with Gasteiger partial charge >= 0.3 is 0 Å². The van der Waals surface area contributed by atoms with Crippen molar-refractivity contribution in [2.75, 3.05) is 4.72 Å². The highest BCUT2D eigenvalue weighted by Gasteiger charge is 2.16. The third-order valence-corrected chi connectivity index (χ3v) is 4.45. The second kappa shape index (κ2) is 5.01. The molecule has 0 aliphatic rings. The average Bonchev–Trinajstić information content (AvgIpc) is 2.82. The highest BCUT2D eigenvalue weighted by atomic mass is 35.5. The van der Waals surface area contributed by atoms with Gasteiger partial charge in [0.1, 0.15) is 5.15 Å². The van der Waals surface area contributed by atoms with Crippen LogP contribution in [0.1, 0.15) is 0 Å². The van der Waals surface area contributed by atoms with Gasteiger partial charge in [-0.1, -0.05) is 11.6 Å². The number of pyridine rings is 1. The van der Waals surface area contributed by atoms with Gasteiger partial charge in [-0.25, -0.2) is 13.4 Å². The lowest BCUT2D eigenvalue weighted by molar-refractivity contribution is 0.601.